The van der Waals surface area contributed by atoms with Gasteiger partial charge in [0.05, 0.1) is 7.11 Å². The maximum Gasteiger partial charge on any atom is 0.328 e. The van der Waals surface area contributed by atoms with E-state index in [1.165, 1.54) is 7.11 Å². The monoisotopic (exact) mass is 343 g/mol. The second-order valence-electron chi connectivity index (χ2n) is 6.40. The third kappa shape index (κ3) is 5.78. The van der Waals surface area contributed by atoms with Crippen molar-refractivity contribution in [2.24, 2.45) is 5.92 Å². The Hall–Kier alpha value is -2.56. The summed E-state index contributed by atoms with van der Waals surface area (Å²) in [5, 5.41) is 2.75. The fraction of sp³-hybridized carbons (Fsp3) is 0.400. The Morgan fingerprint density at radius 2 is 1.84 bits per heavy atom. The number of hydrogen-bond acceptors (Lipinski definition) is 4. The molecule has 0 aliphatic heterocycles. The topological polar surface area (TPSA) is 68.5 Å². The Balaban J connectivity index is 1.89. The summed E-state index contributed by atoms with van der Waals surface area (Å²) in [6, 6.07) is 13.0. The van der Waals surface area contributed by atoms with Gasteiger partial charge in [0.25, 0.3) is 0 Å². The van der Waals surface area contributed by atoms with Crippen LogP contribution in [0.2, 0.25) is 0 Å². The smallest absolute Gasteiger partial charge is 0.328 e. The lowest BCUT2D eigenvalue weighted by Crippen LogP contribution is -2.42. The quantitative estimate of drug-likeness (QED) is 0.744. The molecule has 1 N–H and O–H groups in total. The number of hydrogen-bond donors (Lipinski definition) is 1. The fourth-order valence-electron chi connectivity index (χ4n) is 2.60. The molecular formula is C20H25NO4. The summed E-state index contributed by atoms with van der Waals surface area (Å²) in [4.78, 5) is 23.9. The van der Waals surface area contributed by atoms with E-state index in [1.54, 1.807) is 0 Å². The largest absolute Gasteiger partial charge is 0.467 e. The number of amides is 1. The summed E-state index contributed by atoms with van der Waals surface area (Å²) in [6.07, 6.45) is 1.29. The molecule has 1 amide bonds. The summed E-state index contributed by atoms with van der Waals surface area (Å²) in [5.74, 6) is 1.21. The van der Waals surface area contributed by atoms with Crippen molar-refractivity contribution in [2.75, 3.05) is 7.11 Å². The van der Waals surface area contributed by atoms with E-state index in [1.807, 2.05) is 56.3 Å². The molecule has 0 saturated heterocycles. The zero-order valence-electron chi connectivity index (χ0n) is 15.0. The van der Waals surface area contributed by atoms with Gasteiger partial charge in [-0.1, -0.05) is 44.2 Å². The van der Waals surface area contributed by atoms with Crippen molar-refractivity contribution in [3.8, 4) is 11.3 Å². The van der Waals surface area contributed by atoms with E-state index in [0.717, 1.165) is 17.1 Å². The number of rotatable bonds is 8. The number of ether oxygens (including phenoxy) is 1. The van der Waals surface area contributed by atoms with Crippen LogP contribution in [-0.2, 0) is 20.7 Å². The summed E-state index contributed by atoms with van der Waals surface area (Å²) < 4.78 is 10.5. The summed E-state index contributed by atoms with van der Waals surface area (Å²) in [6.45, 7) is 3.99. The molecule has 2 aromatic rings. The Morgan fingerprint density at radius 1 is 1.12 bits per heavy atom. The molecule has 2 rings (SSSR count). The number of carbonyl (C=O) groups is 2. The van der Waals surface area contributed by atoms with E-state index in [0.29, 0.717) is 12.8 Å². The number of benzene rings is 1. The molecule has 0 saturated carbocycles. The summed E-state index contributed by atoms with van der Waals surface area (Å²) in [5.41, 5.74) is 1.00. The van der Waals surface area contributed by atoms with Gasteiger partial charge in [0.1, 0.15) is 17.6 Å². The molecule has 1 heterocycles. The average Bonchev–Trinajstić information content (AvgIpc) is 3.08. The Bertz CT molecular complexity index is 691. The zero-order valence-corrected chi connectivity index (χ0v) is 15.0. The predicted molar refractivity (Wildman–Crippen MR) is 95.9 cm³/mol. The molecule has 1 atom stereocenters. The van der Waals surface area contributed by atoms with E-state index in [9.17, 15) is 9.59 Å². The molecule has 134 valence electrons. The van der Waals surface area contributed by atoms with Crippen LogP contribution in [0.15, 0.2) is 46.9 Å². The van der Waals surface area contributed by atoms with Crippen LogP contribution in [0.5, 0.6) is 0 Å². The molecule has 1 aromatic heterocycles. The molecule has 5 heteroatoms. The predicted octanol–water partition coefficient (Wildman–Crippen LogP) is 3.58. The van der Waals surface area contributed by atoms with Crippen LogP contribution < -0.4 is 5.32 Å². The van der Waals surface area contributed by atoms with Gasteiger partial charge >= 0.3 is 5.97 Å². The lowest BCUT2D eigenvalue weighted by molar-refractivity contribution is -0.145. The van der Waals surface area contributed by atoms with Crippen molar-refractivity contribution in [2.45, 2.75) is 39.2 Å². The van der Waals surface area contributed by atoms with Crippen molar-refractivity contribution in [1.82, 2.24) is 5.32 Å². The Morgan fingerprint density at radius 3 is 2.48 bits per heavy atom. The minimum atomic E-state index is -0.603. The fourth-order valence-corrected chi connectivity index (χ4v) is 2.60. The zero-order chi connectivity index (χ0) is 18.2. The van der Waals surface area contributed by atoms with E-state index in [2.05, 4.69) is 5.32 Å². The van der Waals surface area contributed by atoms with Gasteiger partial charge in [0.15, 0.2) is 0 Å². The molecule has 0 aliphatic carbocycles. The number of aryl methyl sites for hydroxylation is 1. The molecule has 25 heavy (non-hydrogen) atoms. The van der Waals surface area contributed by atoms with E-state index < -0.39 is 12.0 Å². The molecule has 0 unspecified atom stereocenters. The molecule has 0 spiro atoms. The Labute approximate surface area is 148 Å². The summed E-state index contributed by atoms with van der Waals surface area (Å²) >= 11 is 0. The number of methoxy groups -OCH3 is 1. The molecular weight excluding hydrogens is 318 g/mol. The van der Waals surface area contributed by atoms with Crippen molar-refractivity contribution in [1.29, 1.82) is 0 Å². The van der Waals surface area contributed by atoms with Gasteiger partial charge in [-0.3, -0.25) is 4.79 Å². The maximum absolute atomic E-state index is 12.1. The summed E-state index contributed by atoms with van der Waals surface area (Å²) in [7, 11) is 1.33. The first-order valence-corrected chi connectivity index (χ1v) is 8.51. The SMILES string of the molecule is COC(=O)[C@@H](CC(C)C)NC(=O)CCc1ccc(-c2ccccc2)o1. The van der Waals surface area contributed by atoms with Crippen molar-refractivity contribution in [3.05, 3.63) is 48.2 Å². The van der Waals surface area contributed by atoms with Crippen molar-refractivity contribution in [3.63, 3.8) is 0 Å². The van der Waals surface area contributed by atoms with Crippen molar-refractivity contribution < 1.29 is 18.7 Å². The number of carbonyl (C=O) groups excluding carboxylic acids is 2. The Kier molecular flexibility index (Phi) is 6.81. The average molecular weight is 343 g/mol. The van der Waals surface area contributed by atoms with Gasteiger partial charge in [-0.2, -0.15) is 0 Å². The first kappa shape index (κ1) is 18.8. The van der Waals surface area contributed by atoms with Gasteiger partial charge in [0, 0.05) is 18.4 Å². The number of nitrogens with one attached hydrogen (secondary N) is 1. The van der Waals surface area contributed by atoms with Crippen LogP contribution in [-0.4, -0.2) is 25.0 Å². The third-order valence-electron chi connectivity index (χ3n) is 3.85. The minimum Gasteiger partial charge on any atom is -0.467 e. The van der Waals surface area contributed by atoms with Crippen LogP contribution in [0.4, 0.5) is 0 Å². The molecule has 0 radical (unpaired) electrons. The third-order valence-corrected chi connectivity index (χ3v) is 3.85. The van der Waals surface area contributed by atoms with E-state index >= 15 is 0 Å². The van der Waals surface area contributed by atoms with Crippen LogP contribution in [0.3, 0.4) is 0 Å². The number of esters is 1. The van der Waals surface area contributed by atoms with E-state index in [4.69, 9.17) is 9.15 Å². The highest BCUT2D eigenvalue weighted by molar-refractivity contribution is 5.84. The van der Waals surface area contributed by atoms with Crippen molar-refractivity contribution >= 4 is 11.9 Å². The van der Waals surface area contributed by atoms with Gasteiger partial charge in [-0.15, -0.1) is 0 Å². The second-order valence-corrected chi connectivity index (χ2v) is 6.40. The van der Waals surface area contributed by atoms with Crippen LogP contribution in [0.25, 0.3) is 11.3 Å². The van der Waals surface area contributed by atoms with Gasteiger partial charge < -0.3 is 14.5 Å². The molecule has 0 bridgehead atoms. The molecule has 5 nitrogen and oxygen atoms in total. The molecule has 0 aliphatic rings. The van der Waals surface area contributed by atoms with Gasteiger partial charge in [-0.25, -0.2) is 4.79 Å². The molecule has 1 aromatic carbocycles. The normalized spacial score (nSPS) is 12.0. The van der Waals surface area contributed by atoms with Crippen LogP contribution in [0, 0.1) is 5.92 Å². The van der Waals surface area contributed by atoms with Crippen LogP contribution >= 0.6 is 0 Å². The van der Waals surface area contributed by atoms with Gasteiger partial charge in [0.2, 0.25) is 5.91 Å². The first-order chi connectivity index (χ1) is 12.0. The lowest BCUT2D eigenvalue weighted by Gasteiger charge is -2.18. The van der Waals surface area contributed by atoms with E-state index in [-0.39, 0.29) is 18.2 Å². The standard InChI is InChI=1S/C20H25NO4/c1-14(2)13-17(20(23)24-3)21-19(22)12-10-16-9-11-18(25-16)15-7-5-4-6-8-15/h4-9,11,14,17H,10,12-13H2,1-3H3,(H,21,22)/t17-/m1/s1. The first-order valence-electron chi connectivity index (χ1n) is 8.51. The minimum absolute atomic E-state index is 0.186. The number of furan rings is 1. The highest BCUT2D eigenvalue weighted by Gasteiger charge is 2.22. The molecule has 0 fully saturated rings. The highest BCUT2D eigenvalue weighted by Crippen LogP contribution is 2.22. The lowest BCUT2D eigenvalue weighted by atomic mass is 10.0. The maximum atomic E-state index is 12.1. The second kappa shape index (κ2) is 9.06. The van der Waals surface area contributed by atoms with Crippen LogP contribution in [0.1, 0.15) is 32.4 Å². The highest BCUT2D eigenvalue weighted by atomic mass is 16.5. The van der Waals surface area contributed by atoms with Gasteiger partial charge in [-0.05, 0) is 24.5 Å².